The van der Waals surface area contributed by atoms with Crippen molar-refractivity contribution in [3.8, 4) is 0 Å². The molecule has 2 rings (SSSR count). The van der Waals surface area contributed by atoms with Crippen LogP contribution in [0.1, 0.15) is 10.5 Å². The molecular formula is C10H8N2O3. The van der Waals surface area contributed by atoms with Crippen LogP contribution in [-0.4, -0.2) is 29.1 Å². The number of benzene rings is 1. The van der Waals surface area contributed by atoms with Crippen LogP contribution in [0.3, 0.4) is 0 Å². The van der Waals surface area contributed by atoms with Crippen LogP contribution in [0.2, 0.25) is 0 Å². The number of hydrogen-bond acceptors (Lipinski definition) is 4. The van der Waals surface area contributed by atoms with Crippen LogP contribution in [0.5, 0.6) is 0 Å². The van der Waals surface area contributed by atoms with E-state index in [0.717, 1.165) is 7.11 Å². The van der Waals surface area contributed by atoms with Crippen molar-refractivity contribution in [1.82, 2.24) is 10.2 Å². The van der Waals surface area contributed by atoms with E-state index in [1.807, 2.05) is 6.07 Å². The number of carbonyl (C=O) groups is 2. The van der Waals surface area contributed by atoms with Crippen LogP contribution < -0.4 is 0 Å². The second-order valence-corrected chi connectivity index (χ2v) is 2.94. The number of nitrogens with one attached hydrogen (secondary N) is 1. The Morgan fingerprint density at radius 2 is 2.07 bits per heavy atom. The third kappa shape index (κ3) is 1.48. The van der Waals surface area contributed by atoms with E-state index < -0.39 is 11.8 Å². The van der Waals surface area contributed by atoms with Gasteiger partial charge in [-0.2, -0.15) is 5.10 Å². The van der Waals surface area contributed by atoms with E-state index in [1.165, 1.54) is 0 Å². The Hall–Kier alpha value is -2.17. The molecule has 0 aliphatic carbocycles. The molecule has 76 valence electrons. The summed E-state index contributed by atoms with van der Waals surface area (Å²) in [6, 6.07) is 7.07. The van der Waals surface area contributed by atoms with E-state index in [9.17, 15) is 9.59 Å². The summed E-state index contributed by atoms with van der Waals surface area (Å²) in [5, 5.41) is 7.08. The van der Waals surface area contributed by atoms with Gasteiger partial charge in [0, 0.05) is 5.39 Å². The maximum atomic E-state index is 11.5. The fourth-order valence-corrected chi connectivity index (χ4v) is 1.33. The third-order valence-electron chi connectivity index (χ3n) is 2.06. The van der Waals surface area contributed by atoms with Gasteiger partial charge < -0.3 is 4.74 Å². The number of para-hydroxylation sites is 1. The predicted molar refractivity (Wildman–Crippen MR) is 52.4 cm³/mol. The Morgan fingerprint density at radius 3 is 2.80 bits per heavy atom. The molecule has 0 atom stereocenters. The van der Waals surface area contributed by atoms with Crippen molar-refractivity contribution in [2.24, 2.45) is 0 Å². The average molecular weight is 204 g/mol. The molecule has 0 spiro atoms. The van der Waals surface area contributed by atoms with Crippen molar-refractivity contribution in [2.45, 2.75) is 0 Å². The highest BCUT2D eigenvalue weighted by Gasteiger charge is 2.21. The molecule has 0 bridgehead atoms. The number of fused-ring (bicyclic) bond motifs is 1. The molecule has 15 heavy (non-hydrogen) atoms. The number of nitrogens with zero attached hydrogens (tertiary/aromatic N) is 1. The molecule has 0 amide bonds. The van der Waals surface area contributed by atoms with E-state index in [-0.39, 0.29) is 5.69 Å². The van der Waals surface area contributed by atoms with Crippen molar-refractivity contribution in [1.29, 1.82) is 0 Å². The number of aromatic amines is 1. The maximum absolute atomic E-state index is 11.5. The minimum Gasteiger partial charge on any atom is -0.463 e. The van der Waals surface area contributed by atoms with E-state index in [4.69, 9.17) is 0 Å². The van der Waals surface area contributed by atoms with Crippen LogP contribution in [0.15, 0.2) is 24.3 Å². The lowest BCUT2D eigenvalue weighted by Gasteiger charge is -1.94. The first-order valence-electron chi connectivity index (χ1n) is 4.30. The van der Waals surface area contributed by atoms with Crippen molar-refractivity contribution >= 4 is 22.7 Å². The van der Waals surface area contributed by atoms with Gasteiger partial charge in [-0.15, -0.1) is 0 Å². The van der Waals surface area contributed by atoms with Gasteiger partial charge >= 0.3 is 5.97 Å². The summed E-state index contributed by atoms with van der Waals surface area (Å²) < 4.78 is 4.34. The molecule has 1 aromatic heterocycles. The van der Waals surface area contributed by atoms with Crippen LogP contribution in [0, 0.1) is 0 Å². The fraction of sp³-hybridized carbons (Fsp3) is 0.100. The summed E-state index contributed by atoms with van der Waals surface area (Å²) >= 11 is 0. The smallest absolute Gasteiger partial charge is 0.381 e. The van der Waals surface area contributed by atoms with E-state index in [2.05, 4.69) is 14.9 Å². The van der Waals surface area contributed by atoms with E-state index in [0.29, 0.717) is 10.9 Å². The average Bonchev–Trinajstić information content (AvgIpc) is 2.70. The van der Waals surface area contributed by atoms with Gasteiger partial charge in [-0.25, -0.2) is 4.79 Å². The van der Waals surface area contributed by atoms with Crippen molar-refractivity contribution in [2.75, 3.05) is 7.11 Å². The molecule has 0 unspecified atom stereocenters. The molecule has 0 aliphatic heterocycles. The van der Waals surface area contributed by atoms with Gasteiger partial charge in [-0.3, -0.25) is 9.89 Å². The standard InChI is InChI=1S/C10H8N2O3/c1-15-10(14)9(13)8-6-4-2-3-5-7(6)11-12-8/h2-5H,1H3,(H,11,12). The number of Topliss-reactive ketones (excluding diaryl/α,β-unsaturated/α-hetero) is 1. The summed E-state index contributed by atoms with van der Waals surface area (Å²) in [6.45, 7) is 0. The quantitative estimate of drug-likeness (QED) is 0.448. The molecule has 1 N–H and O–H groups in total. The van der Waals surface area contributed by atoms with Gasteiger partial charge in [0.25, 0.3) is 5.78 Å². The number of ether oxygens (including phenoxy) is 1. The Labute approximate surface area is 85.0 Å². The third-order valence-corrected chi connectivity index (χ3v) is 2.06. The highest BCUT2D eigenvalue weighted by molar-refractivity contribution is 6.42. The lowest BCUT2D eigenvalue weighted by molar-refractivity contribution is -0.135. The van der Waals surface area contributed by atoms with Crippen LogP contribution in [-0.2, 0) is 9.53 Å². The first-order chi connectivity index (χ1) is 7.24. The molecule has 0 saturated heterocycles. The predicted octanol–water partition coefficient (Wildman–Crippen LogP) is 0.919. The largest absolute Gasteiger partial charge is 0.463 e. The number of hydrogen-bond donors (Lipinski definition) is 1. The van der Waals surface area contributed by atoms with Gasteiger partial charge in [0.05, 0.1) is 12.6 Å². The fourth-order valence-electron chi connectivity index (χ4n) is 1.33. The van der Waals surface area contributed by atoms with Crippen molar-refractivity contribution < 1.29 is 14.3 Å². The molecule has 1 aromatic carbocycles. The Balaban J connectivity index is 2.53. The number of aromatic nitrogens is 2. The summed E-state index contributed by atoms with van der Waals surface area (Å²) in [5.41, 5.74) is 0.808. The minimum absolute atomic E-state index is 0.0949. The van der Waals surface area contributed by atoms with Gasteiger partial charge in [0.2, 0.25) is 0 Å². The number of carbonyl (C=O) groups excluding carboxylic acids is 2. The molecule has 0 fully saturated rings. The van der Waals surface area contributed by atoms with E-state index >= 15 is 0 Å². The normalized spacial score (nSPS) is 10.2. The zero-order valence-electron chi connectivity index (χ0n) is 7.98. The Kier molecular flexibility index (Phi) is 2.21. The molecule has 0 aliphatic rings. The Morgan fingerprint density at radius 1 is 1.33 bits per heavy atom. The second kappa shape index (κ2) is 3.53. The number of rotatable bonds is 2. The number of methoxy groups -OCH3 is 1. The van der Waals surface area contributed by atoms with Crippen LogP contribution in [0.25, 0.3) is 10.9 Å². The maximum Gasteiger partial charge on any atom is 0.381 e. The lowest BCUT2D eigenvalue weighted by Crippen LogP contribution is -2.16. The Bertz CT molecular complexity index is 530. The highest BCUT2D eigenvalue weighted by atomic mass is 16.5. The first kappa shape index (κ1) is 9.39. The molecule has 5 heteroatoms. The molecule has 0 saturated carbocycles. The summed E-state index contributed by atoms with van der Waals surface area (Å²) in [4.78, 5) is 22.5. The number of esters is 1. The second-order valence-electron chi connectivity index (χ2n) is 2.94. The zero-order chi connectivity index (χ0) is 10.8. The van der Waals surface area contributed by atoms with Crippen LogP contribution >= 0.6 is 0 Å². The zero-order valence-corrected chi connectivity index (χ0v) is 7.98. The van der Waals surface area contributed by atoms with Crippen molar-refractivity contribution in [3.05, 3.63) is 30.0 Å². The van der Waals surface area contributed by atoms with Gasteiger partial charge in [-0.05, 0) is 6.07 Å². The number of H-pyrrole nitrogens is 1. The first-order valence-corrected chi connectivity index (χ1v) is 4.30. The molecule has 0 radical (unpaired) electrons. The molecule has 2 aromatic rings. The van der Waals surface area contributed by atoms with E-state index in [1.54, 1.807) is 18.2 Å². The van der Waals surface area contributed by atoms with Crippen molar-refractivity contribution in [3.63, 3.8) is 0 Å². The molecule has 1 heterocycles. The van der Waals surface area contributed by atoms with Crippen LogP contribution in [0.4, 0.5) is 0 Å². The van der Waals surface area contributed by atoms with Gasteiger partial charge in [0.15, 0.2) is 0 Å². The topological polar surface area (TPSA) is 72.1 Å². The molecule has 5 nitrogen and oxygen atoms in total. The molecular weight excluding hydrogens is 196 g/mol. The van der Waals surface area contributed by atoms with Gasteiger partial charge in [0.1, 0.15) is 5.69 Å². The lowest BCUT2D eigenvalue weighted by atomic mass is 10.1. The highest BCUT2D eigenvalue weighted by Crippen LogP contribution is 2.15. The summed E-state index contributed by atoms with van der Waals surface area (Å²) in [5.74, 6) is -1.65. The van der Waals surface area contributed by atoms with Gasteiger partial charge in [-0.1, -0.05) is 18.2 Å². The SMILES string of the molecule is COC(=O)C(=O)c1n[nH]c2ccccc12. The summed E-state index contributed by atoms with van der Waals surface area (Å²) in [6.07, 6.45) is 0. The monoisotopic (exact) mass is 204 g/mol. The minimum atomic E-state index is -0.910. The number of ketones is 1. The summed E-state index contributed by atoms with van der Waals surface area (Å²) in [7, 11) is 1.16.